The van der Waals surface area contributed by atoms with Gasteiger partial charge in [0.2, 0.25) is 17.7 Å². The van der Waals surface area contributed by atoms with E-state index < -0.39 is 54.5 Å². The van der Waals surface area contributed by atoms with Crippen molar-refractivity contribution < 1.29 is 34.5 Å². The van der Waals surface area contributed by atoms with E-state index in [0.717, 1.165) is 0 Å². The van der Waals surface area contributed by atoms with Gasteiger partial charge in [-0.1, -0.05) is 0 Å². The second-order valence-electron chi connectivity index (χ2n) is 4.83. The largest absolute Gasteiger partial charge is 0.480 e. The number of carbonyl (C=O) groups excluding carboxylic acids is 3. The summed E-state index contributed by atoms with van der Waals surface area (Å²) in [7, 11) is 0. The molecule has 0 aromatic carbocycles. The van der Waals surface area contributed by atoms with E-state index in [-0.39, 0.29) is 6.54 Å². The Hall–Kier alpha value is -2.24. The lowest BCUT2D eigenvalue weighted by atomic mass is 10.1. The first-order valence-electron chi connectivity index (χ1n) is 6.75. The van der Waals surface area contributed by atoms with Crippen LogP contribution in [0.3, 0.4) is 0 Å². The van der Waals surface area contributed by atoms with Crippen LogP contribution < -0.4 is 21.7 Å². The van der Waals surface area contributed by atoms with Gasteiger partial charge in [0.15, 0.2) is 6.04 Å². The highest BCUT2D eigenvalue weighted by Crippen LogP contribution is 1.95. The Morgan fingerprint density at radius 2 is 1.43 bits per heavy atom. The number of aliphatic carboxylic acids is 1. The Morgan fingerprint density at radius 3 is 1.83 bits per heavy atom. The molecule has 0 saturated carbocycles. The van der Waals surface area contributed by atoms with Gasteiger partial charge in [0, 0.05) is 0 Å². The summed E-state index contributed by atoms with van der Waals surface area (Å²) in [6.07, 6.45) is -2.57. The van der Waals surface area contributed by atoms with E-state index >= 15 is 0 Å². The first-order valence-corrected chi connectivity index (χ1v) is 6.75. The topological polar surface area (TPSA) is 191 Å². The highest BCUT2D eigenvalue weighted by molar-refractivity contribution is 5.92. The van der Waals surface area contributed by atoms with Crippen molar-refractivity contribution in [3.63, 3.8) is 0 Å². The van der Waals surface area contributed by atoms with Gasteiger partial charge in [0.05, 0.1) is 25.3 Å². The summed E-state index contributed by atoms with van der Waals surface area (Å²) in [5.41, 5.74) is 5.09. The van der Waals surface area contributed by atoms with Crippen molar-refractivity contribution >= 4 is 23.7 Å². The maximum absolute atomic E-state index is 11.8. The lowest BCUT2D eigenvalue weighted by molar-refractivity contribution is -0.144. The summed E-state index contributed by atoms with van der Waals surface area (Å²) in [4.78, 5) is 45.4. The van der Waals surface area contributed by atoms with Gasteiger partial charge in [0.25, 0.3) is 0 Å². The molecule has 0 aliphatic rings. The summed E-state index contributed by atoms with van der Waals surface area (Å²) < 4.78 is 0. The summed E-state index contributed by atoms with van der Waals surface area (Å²) in [6.45, 7) is 1.46. The summed E-state index contributed by atoms with van der Waals surface area (Å²) in [5, 5.41) is 33.8. The van der Waals surface area contributed by atoms with Gasteiger partial charge in [-0.2, -0.15) is 0 Å². The minimum Gasteiger partial charge on any atom is -0.480 e. The zero-order valence-electron chi connectivity index (χ0n) is 12.8. The van der Waals surface area contributed by atoms with Crippen molar-refractivity contribution in [2.45, 2.75) is 38.1 Å². The number of carboxylic acid groups (broad SMARTS) is 1. The predicted molar refractivity (Wildman–Crippen MR) is 76.9 cm³/mol. The minimum atomic E-state index is -1.52. The number of nitrogens with one attached hydrogen (secondary N) is 3. The van der Waals surface area contributed by atoms with Crippen molar-refractivity contribution in [2.24, 2.45) is 5.73 Å². The molecule has 132 valence electrons. The number of hydrogen-bond acceptors (Lipinski definition) is 7. The maximum Gasteiger partial charge on any atom is 0.328 e. The fourth-order valence-electron chi connectivity index (χ4n) is 1.53. The van der Waals surface area contributed by atoms with Crippen molar-refractivity contribution in [2.75, 3.05) is 13.1 Å². The van der Waals surface area contributed by atoms with Crippen LogP contribution in [0.5, 0.6) is 0 Å². The quantitative estimate of drug-likeness (QED) is 0.221. The molecule has 0 radical (unpaired) electrons. The Kier molecular flexibility index (Phi) is 8.77. The van der Waals surface area contributed by atoms with Crippen LogP contribution in [0, 0.1) is 0 Å². The van der Waals surface area contributed by atoms with E-state index in [1.807, 2.05) is 5.32 Å². The van der Waals surface area contributed by atoms with Crippen LogP contribution >= 0.6 is 0 Å². The van der Waals surface area contributed by atoms with Gasteiger partial charge in [-0.05, 0) is 13.8 Å². The molecule has 0 unspecified atom stereocenters. The Bertz CT molecular complexity index is 453. The molecule has 0 aromatic heterocycles. The van der Waals surface area contributed by atoms with Crippen LogP contribution in [-0.2, 0) is 19.2 Å². The molecule has 4 atom stereocenters. The number of aliphatic hydroxyl groups excluding tert-OH is 2. The van der Waals surface area contributed by atoms with E-state index in [1.54, 1.807) is 0 Å². The summed E-state index contributed by atoms with van der Waals surface area (Å²) in [6, 6.07) is -2.84. The molecule has 0 heterocycles. The molecule has 0 fully saturated rings. The third-order valence-electron chi connectivity index (χ3n) is 2.75. The van der Waals surface area contributed by atoms with Gasteiger partial charge in [-0.3, -0.25) is 14.4 Å². The van der Waals surface area contributed by atoms with Crippen LogP contribution in [0.25, 0.3) is 0 Å². The van der Waals surface area contributed by atoms with Gasteiger partial charge in [0.1, 0.15) is 6.04 Å². The molecule has 0 spiro atoms. The van der Waals surface area contributed by atoms with Gasteiger partial charge in [-0.25, -0.2) is 4.79 Å². The van der Waals surface area contributed by atoms with Crippen LogP contribution in [-0.4, -0.2) is 76.4 Å². The smallest absolute Gasteiger partial charge is 0.328 e. The lowest BCUT2D eigenvalue weighted by Gasteiger charge is -2.21. The number of rotatable bonds is 9. The standard InChI is InChI=1S/C12H22N4O7/c1-5(17)9(15-7(19)3-13)11(21)14-4-8(20)16-10(6(2)18)12(22)23/h5-6,9-10,17-18H,3-4,13H2,1-2H3,(H,14,21)(H,15,19)(H,16,20)(H,22,23)/t5-,6-,9+,10+/m1/s1. The van der Waals surface area contributed by atoms with Crippen molar-refractivity contribution in [3.05, 3.63) is 0 Å². The first-order chi connectivity index (χ1) is 10.6. The molecular weight excluding hydrogens is 312 g/mol. The predicted octanol–water partition coefficient (Wildman–Crippen LogP) is -4.12. The summed E-state index contributed by atoms with van der Waals surface area (Å²) >= 11 is 0. The fourth-order valence-corrected chi connectivity index (χ4v) is 1.53. The second kappa shape index (κ2) is 9.71. The zero-order valence-corrected chi connectivity index (χ0v) is 12.8. The van der Waals surface area contributed by atoms with Crippen LogP contribution in [0.1, 0.15) is 13.8 Å². The fraction of sp³-hybridized carbons (Fsp3) is 0.667. The van der Waals surface area contributed by atoms with Crippen LogP contribution in [0.4, 0.5) is 0 Å². The molecule has 8 N–H and O–H groups in total. The third kappa shape index (κ3) is 7.54. The Labute approximate surface area is 132 Å². The maximum atomic E-state index is 11.8. The molecule has 0 bridgehead atoms. The normalized spacial score (nSPS) is 15.7. The van der Waals surface area contributed by atoms with Crippen LogP contribution in [0.15, 0.2) is 0 Å². The van der Waals surface area contributed by atoms with E-state index in [1.165, 1.54) is 13.8 Å². The minimum absolute atomic E-state index is 0.383. The second-order valence-corrected chi connectivity index (χ2v) is 4.83. The van der Waals surface area contributed by atoms with Gasteiger partial charge >= 0.3 is 5.97 Å². The lowest BCUT2D eigenvalue weighted by Crippen LogP contribution is -2.56. The monoisotopic (exact) mass is 334 g/mol. The van der Waals surface area contributed by atoms with E-state index in [9.17, 15) is 29.4 Å². The molecule has 0 aliphatic heterocycles. The summed E-state index contributed by atoms with van der Waals surface area (Å²) in [5.74, 6) is -3.81. The van der Waals surface area contributed by atoms with Crippen molar-refractivity contribution in [1.29, 1.82) is 0 Å². The van der Waals surface area contributed by atoms with Crippen molar-refractivity contribution in [3.8, 4) is 0 Å². The molecule has 0 aliphatic carbocycles. The highest BCUT2D eigenvalue weighted by atomic mass is 16.4. The molecule has 23 heavy (non-hydrogen) atoms. The molecule has 11 nitrogen and oxygen atoms in total. The van der Waals surface area contributed by atoms with E-state index in [0.29, 0.717) is 0 Å². The van der Waals surface area contributed by atoms with Gasteiger partial charge < -0.3 is 37.0 Å². The van der Waals surface area contributed by atoms with E-state index in [2.05, 4.69) is 10.6 Å². The zero-order chi connectivity index (χ0) is 18.2. The van der Waals surface area contributed by atoms with Gasteiger partial charge in [-0.15, -0.1) is 0 Å². The molecule has 11 heteroatoms. The third-order valence-corrected chi connectivity index (χ3v) is 2.75. The first kappa shape index (κ1) is 20.8. The molecule has 0 aromatic rings. The Morgan fingerprint density at radius 1 is 0.957 bits per heavy atom. The molecule has 0 rings (SSSR count). The SMILES string of the molecule is C[C@@H](O)[C@H](NC(=O)CNC(=O)[C@@H](NC(=O)CN)[C@@H](C)O)C(=O)O. The highest BCUT2D eigenvalue weighted by Gasteiger charge is 2.27. The number of aliphatic hydroxyl groups is 2. The molecular formula is C12H22N4O7. The molecule has 3 amide bonds. The average molecular weight is 334 g/mol. The van der Waals surface area contributed by atoms with E-state index in [4.69, 9.17) is 10.8 Å². The number of nitrogens with two attached hydrogens (primary N) is 1. The average Bonchev–Trinajstić information content (AvgIpc) is 2.46. The number of hydrogen-bond donors (Lipinski definition) is 7. The molecule has 0 saturated heterocycles. The Balaban J connectivity index is 4.57. The number of amides is 3. The number of carbonyl (C=O) groups is 4. The van der Waals surface area contributed by atoms with Crippen LogP contribution in [0.2, 0.25) is 0 Å². The van der Waals surface area contributed by atoms with Crippen molar-refractivity contribution in [1.82, 2.24) is 16.0 Å². The number of carboxylic acids is 1.